The standard InChI is InChI=1S/C13H14Cl3NO4/c1-7(5-20-2)17-10(18)6-21-13(19)11-8(14)3-4-9(15)12(11)16/h3-4,7H,5-6H2,1-2H3,(H,17,18)/t7-/m0/s1. The van der Waals surface area contributed by atoms with Crippen LogP contribution in [0, 0.1) is 0 Å². The summed E-state index contributed by atoms with van der Waals surface area (Å²) < 4.78 is 9.74. The maximum Gasteiger partial charge on any atom is 0.341 e. The summed E-state index contributed by atoms with van der Waals surface area (Å²) in [6.07, 6.45) is 0. The van der Waals surface area contributed by atoms with E-state index in [0.717, 1.165) is 0 Å². The Kier molecular flexibility index (Phi) is 7.25. The minimum Gasteiger partial charge on any atom is -0.452 e. The molecule has 0 fully saturated rings. The molecule has 1 amide bonds. The second-order valence-electron chi connectivity index (χ2n) is 4.22. The third-order valence-corrected chi connectivity index (χ3v) is 3.53. The number of rotatable bonds is 6. The van der Waals surface area contributed by atoms with Crippen LogP contribution < -0.4 is 5.32 Å². The van der Waals surface area contributed by atoms with Gasteiger partial charge in [0, 0.05) is 13.2 Å². The molecule has 0 aliphatic carbocycles. The van der Waals surface area contributed by atoms with E-state index in [9.17, 15) is 9.59 Å². The molecule has 0 bridgehead atoms. The molecule has 116 valence electrons. The van der Waals surface area contributed by atoms with Crippen molar-refractivity contribution in [3.05, 3.63) is 32.8 Å². The topological polar surface area (TPSA) is 64.6 Å². The van der Waals surface area contributed by atoms with Crippen LogP contribution in [0.15, 0.2) is 12.1 Å². The van der Waals surface area contributed by atoms with Crippen LogP contribution in [0.1, 0.15) is 17.3 Å². The Balaban J connectivity index is 2.63. The van der Waals surface area contributed by atoms with Crippen molar-refractivity contribution in [2.75, 3.05) is 20.3 Å². The Morgan fingerprint density at radius 2 is 1.86 bits per heavy atom. The predicted octanol–water partition coefficient (Wildman–Crippen LogP) is 2.95. The third-order valence-electron chi connectivity index (χ3n) is 2.41. The van der Waals surface area contributed by atoms with Gasteiger partial charge in [0.25, 0.3) is 5.91 Å². The number of halogens is 3. The van der Waals surface area contributed by atoms with Gasteiger partial charge < -0.3 is 14.8 Å². The van der Waals surface area contributed by atoms with Crippen LogP contribution >= 0.6 is 34.8 Å². The highest BCUT2D eigenvalue weighted by Crippen LogP contribution is 2.31. The van der Waals surface area contributed by atoms with Crippen LogP contribution in [-0.4, -0.2) is 38.2 Å². The fourth-order valence-corrected chi connectivity index (χ4v) is 2.21. The molecule has 0 heterocycles. The van der Waals surface area contributed by atoms with Crippen molar-refractivity contribution in [1.82, 2.24) is 5.32 Å². The van der Waals surface area contributed by atoms with E-state index in [1.165, 1.54) is 19.2 Å². The number of benzene rings is 1. The highest BCUT2D eigenvalue weighted by Gasteiger charge is 2.20. The van der Waals surface area contributed by atoms with E-state index in [4.69, 9.17) is 44.3 Å². The molecular weight excluding hydrogens is 341 g/mol. The Morgan fingerprint density at radius 1 is 1.24 bits per heavy atom. The molecule has 0 radical (unpaired) electrons. The van der Waals surface area contributed by atoms with Crippen LogP contribution in [0.4, 0.5) is 0 Å². The zero-order chi connectivity index (χ0) is 16.0. The molecule has 0 aliphatic rings. The molecule has 0 spiro atoms. The van der Waals surface area contributed by atoms with Gasteiger partial charge in [-0.2, -0.15) is 0 Å². The van der Waals surface area contributed by atoms with Gasteiger partial charge in [-0.05, 0) is 19.1 Å². The minimum absolute atomic E-state index is 0.0117. The monoisotopic (exact) mass is 353 g/mol. The molecule has 1 aromatic carbocycles. The first kappa shape index (κ1) is 18.0. The molecular formula is C13H14Cl3NO4. The summed E-state index contributed by atoms with van der Waals surface area (Å²) in [6.45, 7) is 1.66. The number of methoxy groups -OCH3 is 1. The number of esters is 1. The van der Waals surface area contributed by atoms with Gasteiger partial charge in [-0.25, -0.2) is 4.79 Å². The molecule has 1 atom stereocenters. The predicted molar refractivity (Wildman–Crippen MR) is 81.2 cm³/mol. The van der Waals surface area contributed by atoms with Gasteiger partial charge in [0.15, 0.2) is 6.61 Å². The van der Waals surface area contributed by atoms with Crippen LogP contribution in [0.2, 0.25) is 15.1 Å². The number of hydrogen-bond donors (Lipinski definition) is 1. The lowest BCUT2D eigenvalue weighted by molar-refractivity contribution is -0.125. The van der Waals surface area contributed by atoms with Crippen LogP contribution in [0.25, 0.3) is 0 Å². The number of carbonyl (C=O) groups excluding carboxylic acids is 2. The second-order valence-corrected chi connectivity index (χ2v) is 5.41. The number of nitrogens with one attached hydrogen (secondary N) is 1. The summed E-state index contributed by atoms with van der Waals surface area (Å²) in [5, 5.41) is 2.86. The van der Waals surface area contributed by atoms with E-state index >= 15 is 0 Å². The molecule has 0 saturated carbocycles. The lowest BCUT2D eigenvalue weighted by Crippen LogP contribution is -2.38. The summed E-state index contributed by atoms with van der Waals surface area (Å²) in [5.41, 5.74) is -0.0661. The van der Waals surface area contributed by atoms with Gasteiger partial charge in [-0.3, -0.25) is 4.79 Å². The van der Waals surface area contributed by atoms with Crippen molar-refractivity contribution < 1.29 is 19.1 Å². The van der Waals surface area contributed by atoms with Gasteiger partial charge in [-0.1, -0.05) is 34.8 Å². The molecule has 1 rings (SSSR count). The molecule has 1 aromatic rings. The minimum atomic E-state index is -0.818. The average Bonchev–Trinajstić information content (AvgIpc) is 2.41. The van der Waals surface area contributed by atoms with Crippen molar-refractivity contribution in [2.45, 2.75) is 13.0 Å². The summed E-state index contributed by atoms with van der Waals surface area (Å²) in [7, 11) is 1.52. The molecule has 0 aromatic heterocycles. The highest BCUT2D eigenvalue weighted by molar-refractivity contribution is 6.46. The highest BCUT2D eigenvalue weighted by atomic mass is 35.5. The average molecular weight is 355 g/mol. The number of ether oxygens (including phenoxy) is 2. The van der Waals surface area contributed by atoms with Crippen LogP contribution in [0.5, 0.6) is 0 Å². The molecule has 5 nitrogen and oxygen atoms in total. The van der Waals surface area contributed by atoms with E-state index in [0.29, 0.717) is 6.61 Å². The molecule has 0 aliphatic heterocycles. The summed E-state index contributed by atoms with van der Waals surface area (Å²) in [5.74, 6) is -1.27. The van der Waals surface area contributed by atoms with E-state index in [2.05, 4.69) is 5.32 Å². The Morgan fingerprint density at radius 3 is 2.48 bits per heavy atom. The zero-order valence-electron chi connectivity index (χ0n) is 11.4. The van der Waals surface area contributed by atoms with E-state index in [1.54, 1.807) is 6.92 Å². The van der Waals surface area contributed by atoms with Gasteiger partial charge in [0.1, 0.15) is 0 Å². The van der Waals surface area contributed by atoms with Crippen molar-refractivity contribution in [3.63, 3.8) is 0 Å². The molecule has 21 heavy (non-hydrogen) atoms. The molecule has 0 unspecified atom stereocenters. The Bertz CT molecular complexity index is 536. The van der Waals surface area contributed by atoms with Gasteiger partial charge in [-0.15, -0.1) is 0 Å². The summed E-state index contributed by atoms with van der Waals surface area (Å²) >= 11 is 17.6. The Labute approximate surface area is 137 Å². The lowest BCUT2D eigenvalue weighted by Gasteiger charge is -2.13. The third kappa shape index (κ3) is 5.36. The fourth-order valence-electron chi connectivity index (χ4n) is 1.53. The largest absolute Gasteiger partial charge is 0.452 e. The first-order valence-corrected chi connectivity index (χ1v) is 7.09. The van der Waals surface area contributed by atoms with Gasteiger partial charge >= 0.3 is 5.97 Å². The lowest BCUT2D eigenvalue weighted by atomic mass is 10.2. The smallest absolute Gasteiger partial charge is 0.341 e. The summed E-state index contributed by atoms with van der Waals surface area (Å²) in [6, 6.07) is 2.69. The van der Waals surface area contributed by atoms with Crippen molar-refractivity contribution in [3.8, 4) is 0 Å². The summed E-state index contributed by atoms with van der Waals surface area (Å²) in [4.78, 5) is 23.5. The first-order valence-electron chi connectivity index (χ1n) is 5.95. The Hall–Kier alpha value is -1.01. The first-order chi connectivity index (χ1) is 9.86. The van der Waals surface area contributed by atoms with Crippen LogP contribution in [0.3, 0.4) is 0 Å². The van der Waals surface area contributed by atoms with Gasteiger partial charge in [0.05, 0.1) is 27.2 Å². The van der Waals surface area contributed by atoms with Crippen molar-refractivity contribution in [1.29, 1.82) is 0 Å². The quantitative estimate of drug-likeness (QED) is 0.630. The normalized spacial score (nSPS) is 11.9. The van der Waals surface area contributed by atoms with Gasteiger partial charge in [0.2, 0.25) is 0 Å². The number of hydrogen-bond acceptors (Lipinski definition) is 4. The number of amides is 1. The van der Waals surface area contributed by atoms with Crippen molar-refractivity contribution in [2.24, 2.45) is 0 Å². The molecule has 1 N–H and O–H groups in total. The van der Waals surface area contributed by atoms with E-state index < -0.39 is 18.5 Å². The van der Waals surface area contributed by atoms with E-state index in [1.807, 2.05) is 0 Å². The van der Waals surface area contributed by atoms with E-state index in [-0.39, 0.29) is 26.7 Å². The molecule has 0 saturated heterocycles. The zero-order valence-corrected chi connectivity index (χ0v) is 13.7. The molecule has 8 heteroatoms. The number of carbonyl (C=O) groups is 2. The maximum absolute atomic E-state index is 11.9. The maximum atomic E-state index is 11.9. The SMILES string of the molecule is COC[C@H](C)NC(=O)COC(=O)c1c(Cl)ccc(Cl)c1Cl. The van der Waals surface area contributed by atoms with Crippen LogP contribution in [-0.2, 0) is 14.3 Å². The second kappa shape index (κ2) is 8.44. The van der Waals surface area contributed by atoms with Crippen molar-refractivity contribution >= 4 is 46.7 Å². The fraction of sp³-hybridized carbons (Fsp3) is 0.385.